The van der Waals surface area contributed by atoms with Gasteiger partial charge in [-0.25, -0.2) is 0 Å². The van der Waals surface area contributed by atoms with E-state index in [0.717, 1.165) is 18.6 Å². The number of aryl methyl sites for hydroxylation is 2. The molecule has 1 N–H and O–H groups in total. The Balaban J connectivity index is 2.25. The second-order valence-corrected chi connectivity index (χ2v) is 4.41. The van der Waals surface area contributed by atoms with Crippen LogP contribution in [0.4, 0.5) is 5.69 Å². The minimum absolute atomic E-state index is 0.0672. The number of benzene rings is 1. The smallest absolute Gasteiger partial charge is 0.208 e. The number of carbonyl (C=O) groups is 1. The van der Waals surface area contributed by atoms with E-state index in [1.165, 1.54) is 11.1 Å². The van der Waals surface area contributed by atoms with E-state index in [1.807, 2.05) is 0 Å². The number of nitrogens with one attached hydrogen (secondary N) is 1. The van der Waals surface area contributed by atoms with Crippen LogP contribution in [0.2, 0.25) is 0 Å². The van der Waals surface area contributed by atoms with Crippen LogP contribution in [0.15, 0.2) is 18.2 Å². The maximum absolute atomic E-state index is 10.6. The molecule has 1 aliphatic heterocycles. The third-order valence-corrected chi connectivity index (χ3v) is 2.93. The maximum Gasteiger partial charge on any atom is 0.208 e. The van der Waals surface area contributed by atoms with E-state index in [1.54, 1.807) is 0 Å². The van der Waals surface area contributed by atoms with Gasteiger partial charge in [-0.15, -0.1) is 0 Å². The van der Waals surface area contributed by atoms with Crippen LogP contribution in [-0.2, 0) is 9.53 Å². The highest BCUT2D eigenvalue weighted by molar-refractivity contribution is 5.54. The predicted octanol–water partition coefficient (Wildman–Crippen LogP) is 1.21. The van der Waals surface area contributed by atoms with Crippen LogP contribution in [0.1, 0.15) is 11.1 Å². The summed E-state index contributed by atoms with van der Waals surface area (Å²) in [5.74, 6) is 0. The van der Waals surface area contributed by atoms with Crippen molar-refractivity contribution in [3.63, 3.8) is 0 Å². The molecule has 1 aromatic rings. The first-order valence-electron chi connectivity index (χ1n) is 5.83. The molecule has 0 aromatic heterocycles. The van der Waals surface area contributed by atoms with Crippen LogP contribution in [0.5, 0.6) is 0 Å². The fourth-order valence-corrected chi connectivity index (χ4v) is 2.25. The van der Waals surface area contributed by atoms with Crippen molar-refractivity contribution >= 4 is 12.1 Å². The van der Waals surface area contributed by atoms with Gasteiger partial charge < -0.3 is 15.0 Å². The van der Waals surface area contributed by atoms with Crippen molar-refractivity contribution in [1.29, 1.82) is 0 Å². The standard InChI is InChI=1S/C13H18N2O2/c1-10-5-11(2)7-12(6-10)15-3-4-17-8-13(15)14-9-16/h5-7,9,13H,3-4,8H2,1-2H3,(H,14,16). The normalized spacial score (nSPS) is 20.1. The molecule has 4 nitrogen and oxygen atoms in total. The van der Waals surface area contributed by atoms with Crippen LogP contribution < -0.4 is 10.2 Å². The van der Waals surface area contributed by atoms with Gasteiger partial charge in [0.05, 0.1) is 13.2 Å². The van der Waals surface area contributed by atoms with Crippen LogP contribution in [-0.4, -0.2) is 32.3 Å². The zero-order chi connectivity index (χ0) is 12.3. The molecule has 0 spiro atoms. The highest BCUT2D eigenvalue weighted by Crippen LogP contribution is 2.21. The van der Waals surface area contributed by atoms with Gasteiger partial charge in [0.1, 0.15) is 6.17 Å². The molecule has 1 saturated heterocycles. The molecule has 17 heavy (non-hydrogen) atoms. The van der Waals surface area contributed by atoms with E-state index < -0.39 is 0 Å². The van der Waals surface area contributed by atoms with Gasteiger partial charge in [-0.1, -0.05) is 6.07 Å². The Morgan fingerprint density at radius 1 is 1.35 bits per heavy atom. The third kappa shape index (κ3) is 2.77. The average Bonchev–Trinajstić information content (AvgIpc) is 2.29. The largest absolute Gasteiger partial charge is 0.376 e. The van der Waals surface area contributed by atoms with Gasteiger partial charge in [0.25, 0.3) is 0 Å². The summed E-state index contributed by atoms with van der Waals surface area (Å²) in [7, 11) is 0. The molecule has 4 heteroatoms. The summed E-state index contributed by atoms with van der Waals surface area (Å²) in [6, 6.07) is 6.42. The maximum atomic E-state index is 10.6. The first kappa shape index (κ1) is 11.9. The zero-order valence-corrected chi connectivity index (χ0v) is 10.3. The first-order chi connectivity index (χ1) is 8.20. The Hall–Kier alpha value is -1.55. The lowest BCUT2D eigenvalue weighted by Crippen LogP contribution is -2.53. The van der Waals surface area contributed by atoms with Gasteiger partial charge >= 0.3 is 0 Å². The Morgan fingerprint density at radius 3 is 2.71 bits per heavy atom. The highest BCUT2D eigenvalue weighted by atomic mass is 16.5. The van der Waals surface area contributed by atoms with Gasteiger partial charge in [0.15, 0.2) is 0 Å². The van der Waals surface area contributed by atoms with Crippen molar-refractivity contribution in [2.75, 3.05) is 24.7 Å². The minimum Gasteiger partial charge on any atom is -0.376 e. The summed E-state index contributed by atoms with van der Waals surface area (Å²) in [4.78, 5) is 12.8. The summed E-state index contributed by atoms with van der Waals surface area (Å²) in [5, 5.41) is 2.79. The second kappa shape index (κ2) is 5.19. The fraction of sp³-hybridized carbons (Fsp3) is 0.462. The molecule has 2 rings (SSSR count). The van der Waals surface area contributed by atoms with Crippen LogP contribution in [0, 0.1) is 13.8 Å². The van der Waals surface area contributed by atoms with Crippen LogP contribution in [0.3, 0.4) is 0 Å². The summed E-state index contributed by atoms with van der Waals surface area (Å²) < 4.78 is 5.38. The minimum atomic E-state index is -0.0672. The van der Waals surface area contributed by atoms with E-state index >= 15 is 0 Å². The van der Waals surface area contributed by atoms with E-state index in [9.17, 15) is 4.79 Å². The molecule has 92 valence electrons. The summed E-state index contributed by atoms with van der Waals surface area (Å²) in [5.41, 5.74) is 3.61. The van der Waals surface area contributed by atoms with Crippen molar-refractivity contribution in [2.45, 2.75) is 20.0 Å². The topological polar surface area (TPSA) is 41.6 Å². The SMILES string of the molecule is Cc1cc(C)cc(N2CCOCC2NC=O)c1. The number of ether oxygens (including phenoxy) is 1. The van der Waals surface area contributed by atoms with Gasteiger partial charge in [-0.3, -0.25) is 4.79 Å². The quantitative estimate of drug-likeness (QED) is 0.799. The number of morpholine rings is 1. The van der Waals surface area contributed by atoms with Crippen molar-refractivity contribution in [3.8, 4) is 0 Å². The molecule has 1 aromatic carbocycles. The van der Waals surface area contributed by atoms with Crippen LogP contribution >= 0.6 is 0 Å². The summed E-state index contributed by atoms with van der Waals surface area (Å²) >= 11 is 0. The van der Waals surface area contributed by atoms with Crippen molar-refractivity contribution in [2.24, 2.45) is 0 Å². The number of carbonyl (C=O) groups excluding carboxylic acids is 1. The third-order valence-electron chi connectivity index (χ3n) is 2.93. The number of anilines is 1. The number of hydrogen-bond donors (Lipinski definition) is 1. The summed E-state index contributed by atoms with van der Waals surface area (Å²) in [6.45, 7) is 6.20. The zero-order valence-electron chi connectivity index (χ0n) is 10.3. The molecule has 1 aliphatic rings. The highest BCUT2D eigenvalue weighted by Gasteiger charge is 2.22. The van der Waals surface area contributed by atoms with E-state index in [4.69, 9.17) is 4.74 Å². The number of nitrogens with zero attached hydrogens (tertiary/aromatic N) is 1. The van der Waals surface area contributed by atoms with E-state index in [2.05, 4.69) is 42.3 Å². The predicted molar refractivity (Wildman–Crippen MR) is 67.1 cm³/mol. The van der Waals surface area contributed by atoms with Crippen LogP contribution in [0.25, 0.3) is 0 Å². The van der Waals surface area contributed by atoms with Gasteiger partial charge in [0, 0.05) is 12.2 Å². The molecule has 1 atom stereocenters. The Kier molecular flexibility index (Phi) is 3.64. The molecule has 0 bridgehead atoms. The molecule has 0 radical (unpaired) electrons. The molecular weight excluding hydrogens is 216 g/mol. The lowest BCUT2D eigenvalue weighted by Gasteiger charge is -2.37. The van der Waals surface area contributed by atoms with Gasteiger partial charge in [-0.05, 0) is 37.1 Å². The first-order valence-corrected chi connectivity index (χ1v) is 5.83. The molecule has 0 saturated carbocycles. The molecule has 1 unspecified atom stereocenters. The lowest BCUT2D eigenvalue weighted by atomic mass is 10.1. The van der Waals surface area contributed by atoms with Gasteiger partial charge in [0.2, 0.25) is 6.41 Å². The van der Waals surface area contributed by atoms with Gasteiger partial charge in [-0.2, -0.15) is 0 Å². The number of hydrogen-bond acceptors (Lipinski definition) is 3. The molecule has 1 heterocycles. The fourth-order valence-electron chi connectivity index (χ4n) is 2.25. The second-order valence-electron chi connectivity index (χ2n) is 4.41. The number of amides is 1. The van der Waals surface area contributed by atoms with E-state index in [-0.39, 0.29) is 6.17 Å². The van der Waals surface area contributed by atoms with Crippen molar-refractivity contribution in [3.05, 3.63) is 29.3 Å². The average molecular weight is 234 g/mol. The summed E-state index contributed by atoms with van der Waals surface area (Å²) in [6.07, 6.45) is 0.664. The Labute approximate surface area is 102 Å². The monoisotopic (exact) mass is 234 g/mol. The molecule has 0 aliphatic carbocycles. The van der Waals surface area contributed by atoms with Crippen molar-refractivity contribution < 1.29 is 9.53 Å². The van der Waals surface area contributed by atoms with Crippen molar-refractivity contribution in [1.82, 2.24) is 5.32 Å². The Morgan fingerprint density at radius 2 is 2.06 bits per heavy atom. The number of rotatable bonds is 3. The molecular formula is C13H18N2O2. The van der Waals surface area contributed by atoms with E-state index in [0.29, 0.717) is 13.2 Å². The Bertz CT molecular complexity index is 386. The molecule has 1 amide bonds. The lowest BCUT2D eigenvalue weighted by molar-refractivity contribution is -0.110. The molecule has 1 fully saturated rings.